The van der Waals surface area contributed by atoms with Crippen LogP contribution in [0.15, 0.2) is 36.4 Å². The number of rotatable bonds is 10. The molecule has 0 bridgehead atoms. The molecule has 1 heterocycles. The number of methoxy groups -OCH3 is 1. The van der Waals surface area contributed by atoms with Crippen molar-refractivity contribution < 1.29 is 32.3 Å². The van der Waals surface area contributed by atoms with E-state index in [4.69, 9.17) is 9.47 Å². The van der Waals surface area contributed by atoms with Crippen LogP contribution in [0.2, 0.25) is 0 Å². The summed E-state index contributed by atoms with van der Waals surface area (Å²) in [7, 11) is -2.12. The highest BCUT2D eigenvalue weighted by atomic mass is 32.2. The minimum atomic E-state index is -3.60. The Labute approximate surface area is 198 Å². The molecule has 0 N–H and O–H groups in total. The molecule has 2 aromatic carbocycles. The van der Waals surface area contributed by atoms with Crippen LogP contribution < -0.4 is 14.4 Å². The third kappa shape index (κ3) is 4.37. The fraction of sp³-hybridized carbons (Fsp3) is 0.375. The Morgan fingerprint density at radius 1 is 1.15 bits per heavy atom. The van der Waals surface area contributed by atoms with Gasteiger partial charge in [0.1, 0.15) is 9.84 Å². The number of nitrogens with zero attached hydrogens (tertiary/aromatic N) is 2. The number of hydrogen-bond acceptors (Lipinski definition) is 7. The van der Waals surface area contributed by atoms with Gasteiger partial charge in [-0.1, -0.05) is 12.1 Å². The van der Waals surface area contributed by atoms with Gasteiger partial charge in [-0.05, 0) is 49.6 Å². The van der Waals surface area contributed by atoms with Crippen molar-refractivity contribution in [3.8, 4) is 11.5 Å². The Hall–Kier alpha value is -3.40. The summed E-state index contributed by atoms with van der Waals surface area (Å²) in [5.41, 5.74) is 1.04. The third-order valence-corrected chi connectivity index (χ3v) is 6.82. The Kier molecular flexibility index (Phi) is 6.35. The number of carbonyl (C=O) groups is 3. The Morgan fingerprint density at radius 3 is 2.47 bits per heavy atom. The Morgan fingerprint density at radius 2 is 1.88 bits per heavy atom. The fourth-order valence-electron chi connectivity index (χ4n) is 4.25. The molecule has 2 aromatic rings. The topological polar surface area (TPSA) is 110 Å². The van der Waals surface area contributed by atoms with E-state index in [1.54, 1.807) is 37.3 Å². The van der Waals surface area contributed by atoms with Gasteiger partial charge in [0.05, 0.1) is 42.3 Å². The molecule has 0 radical (unpaired) electrons. The first-order valence-corrected chi connectivity index (χ1v) is 13.0. The first kappa shape index (κ1) is 23.7. The summed E-state index contributed by atoms with van der Waals surface area (Å²) >= 11 is 0. The van der Waals surface area contributed by atoms with Crippen LogP contribution >= 0.6 is 0 Å². The summed E-state index contributed by atoms with van der Waals surface area (Å²) < 4.78 is 35.6. The molecule has 4 rings (SSSR count). The number of fused-ring (bicyclic) bond motifs is 1. The normalized spacial score (nSPS) is 16.3. The van der Waals surface area contributed by atoms with Crippen molar-refractivity contribution in [3.63, 3.8) is 0 Å². The number of sulfone groups is 1. The number of anilines is 1. The smallest absolute Gasteiger partial charge is 0.264 e. The summed E-state index contributed by atoms with van der Waals surface area (Å²) in [4.78, 5) is 41.3. The van der Waals surface area contributed by atoms with Crippen molar-refractivity contribution in [3.05, 3.63) is 53.1 Å². The van der Waals surface area contributed by atoms with E-state index in [-0.39, 0.29) is 17.2 Å². The summed E-state index contributed by atoms with van der Waals surface area (Å²) in [6.45, 7) is 2.14. The van der Waals surface area contributed by atoms with Gasteiger partial charge in [0, 0.05) is 12.3 Å². The molecule has 0 saturated heterocycles. The molecule has 9 nitrogen and oxygen atoms in total. The van der Waals surface area contributed by atoms with Gasteiger partial charge < -0.3 is 14.4 Å². The van der Waals surface area contributed by atoms with Crippen molar-refractivity contribution in [2.45, 2.75) is 31.8 Å². The van der Waals surface area contributed by atoms with Gasteiger partial charge in [-0.2, -0.15) is 0 Å². The van der Waals surface area contributed by atoms with Gasteiger partial charge in [-0.3, -0.25) is 19.3 Å². The summed E-state index contributed by atoms with van der Waals surface area (Å²) in [5.74, 6) is -0.888. The highest BCUT2D eigenvalue weighted by molar-refractivity contribution is 7.90. The van der Waals surface area contributed by atoms with Crippen LogP contribution in [0, 0.1) is 0 Å². The van der Waals surface area contributed by atoms with Crippen LogP contribution in [0.3, 0.4) is 0 Å². The minimum Gasteiger partial charge on any atom is -0.493 e. The number of imide groups is 1. The highest BCUT2D eigenvalue weighted by Crippen LogP contribution is 2.41. The van der Waals surface area contributed by atoms with Crippen molar-refractivity contribution in [1.29, 1.82) is 0 Å². The third-order valence-electron chi connectivity index (χ3n) is 5.90. The lowest BCUT2D eigenvalue weighted by molar-refractivity contribution is -0.107. The van der Waals surface area contributed by atoms with Crippen LogP contribution in [0.4, 0.5) is 5.69 Å². The predicted molar refractivity (Wildman–Crippen MR) is 125 cm³/mol. The van der Waals surface area contributed by atoms with Crippen molar-refractivity contribution >= 4 is 33.7 Å². The van der Waals surface area contributed by atoms with Crippen molar-refractivity contribution in [1.82, 2.24) is 4.90 Å². The molecule has 0 aromatic heterocycles. The number of amides is 3. The number of hydrogen-bond donors (Lipinski definition) is 0. The molecule has 1 fully saturated rings. The van der Waals surface area contributed by atoms with Gasteiger partial charge in [-0.25, -0.2) is 8.42 Å². The monoisotopic (exact) mass is 486 g/mol. The first-order chi connectivity index (χ1) is 16.2. The standard InChI is InChI=1S/C24H26N2O7S/c1-4-33-21-12-15(8-11-20(21)32-2)19(13-34(3,30)31)26-23(28)17-6-5-7-18(22(17)24(26)29)25(14-27)16-9-10-16/h5-8,11-12,14,16,19H,4,9-10,13H2,1-3H3/t19-/m1/s1. The van der Waals surface area contributed by atoms with Gasteiger partial charge in [0.25, 0.3) is 11.8 Å². The van der Waals surface area contributed by atoms with E-state index in [1.165, 1.54) is 18.1 Å². The molecule has 1 saturated carbocycles. The van der Waals surface area contributed by atoms with Gasteiger partial charge in [-0.15, -0.1) is 0 Å². The second-order valence-corrected chi connectivity index (χ2v) is 10.6. The Balaban J connectivity index is 1.81. The zero-order valence-corrected chi connectivity index (χ0v) is 20.0. The minimum absolute atomic E-state index is 0.0110. The zero-order valence-electron chi connectivity index (χ0n) is 19.2. The quantitative estimate of drug-likeness (QED) is 0.375. The largest absolute Gasteiger partial charge is 0.493 e. The van der Waals surface area contributed by atoms with E-state index in [0.717, 1.165) is 24.0 Å². The van der Waals surface area contributed by atoms with Gasteiger partial charge >= 0.3 is 0 Å². The lowest BCUT2D eigenvalue weighted by Crippen LogP contribution is -2.38. The maximum absolute atomic E-state index is 13.6. The Bertz CT molecular complexity index is 1250. The fourth-order valence-corrected chi connectivity index (χ4v) is 5.17. The van der Waals surface area contributed by atoms with Crippen LogP contribution in [0.25, 0.3) is 0 Å². The van der Waals surface area contributed by atoms with Crippen molar-refractivity contribution in [2.24, 2.45) is 0 Å². The first-order valence-electron chi connectivity index (χ1n) is 10.9. The second kappa shape index (κ2) is 9.09. The van der Waals surface area contributed by atoms with E-state index in [1.807, 2.05) is 0 Å². The summed E-state index contributed by atoms with van der Waals surface area (Å²) in [5, 5.41) is 0. The molecule has 0 unspecified atom stereocenters. The second-order valence-electron chi connectivity index (χ2n) is 8.38. The molecule has 1 aliphatic heterocycles. The SMILES string of the molecule is CCOc1cc([C@@H](CS(C)(=O)=O)N2C(=O)c3cccc(N(C=O)C4CC4)c3C2=O)ccc1OC. The molecule has 10 heteroatoms. The number of benzene rings is 2. The molecule has 3 amide bonds. The van der Waals surface area contributed by atoms with E-state index < -0.39 is 33.4 Å². The molecule has 180 valence electrons. The average Bonchev–Trinajstić information content (AvgIpc) is 3.59. The van der Waals surface area contributed by atoms with E-state index >= 15 is 0 Å². The maximum Gasteiger partial charge on any atom is 0.264 e. The molecule has 1 aliphatic carbocycles. The van der Waals surface area contributed by atoms with Gasteiger partial charge in [0.2, 0.25) is 6.41 Å². The lowest BCUT2D eigenvalue weighted by Gasteiger charge is -2.27. The molecule has 34 heavy (non-hydrogen) atoms. The lowest BCUT2D eigenvalue weighted by atomic mass is 10.1. The zero-order chi connectivity index (χ0) is 24.6. The van der Waals surface area contributed by atoms with Crippen LogP contribution in [-0.4, -0.2) is 63.3 Å². The summed E-state index contributed by atoms with van der Waals surface area (Å²) in [6.07, 6.45) is 3.35. The van der Waals surface area contributed by atoms with E-state index in [0.29, 0.717) is 35.8 Å². The maximum atomic E-state index is 13.6. The molecular formula is C24H26N2O7S. The molecule has 2 aliphatic rings. The van der Waals surface area contributed by atoms with Crippen molar-refractivity contribution in [2.75, 3.05) is 30.6 Å². The van der Waals surface area contributed by atoms with Gasteiger partial charge in [0.15, 0.2) is 11.5 Å². The molecular weight excluding hydrogens is 460 g/mol. The number of ether oxygens (including phenoxy) is 2. The van der Waals surface area contributed by atoms with E-state index in [2.05, 4.69) is 0 Å². The van der Waals surface area contributed by atoms with Crippen LogP contribution in [0.1, 0.15) is 52.1 Å². The predicted octanol–water partition coefficient (Wildman–Crippen LogP) is 2.60. The number of carbonyl (C=O) groups excluding carboxylic acids is 3. The van der Waals surface area contributed by atoms with Crippen LogP contribution in [0.5, 0.6) is 11.5 Å². The molecule has 1 atom stereocenters. The average molecular weight is 487 g/mol. The summed E-state index contributed by atoms with van der Waals surface area (Å²) in [6, 6.07) is 8.48. The highest BCUT2D eigenvalue weighted by Gasteiger charge is 2.45. The van der Waals surface area contributed by atoms with E-state index in [9.17, 15) is 22.8 Å². The molecule has 0 spiro atoms. The van der Waals surface area contributed by atoms with Crippen LogP contribution in [-0.2, 0) is 14.6 Å².